The Kier molecular flexibility index (Phi) is 4.64. The summed E-state index contributed by atoms with van der Waals surface area (Å²) in [6.07, 6.45) is 0. The molecule has 0 spiro atoms. The summed E-state index contributed by atoms with van der Waals surface area (Å²) in [5, 5.41) is 2.61. The lowest BCUT2D eigenvalue weighted by atomic mass is 10.1. The van der Waals surface area contributed by atoms with Gasteiger partial charge in [0.25, 0.3) is 0 Å². The van der Waals surface area contributed by atoms with Crippen LogP contribution in [0.25, 0.3) is 0 Å². The largest absolute Gasteiger partial charge is 0.368 e. The molecule has 0 aromatic heterocycles. The van der Waals surface area contributed by atoms with Crippen molar-refractivity contribution in [1.82, 2.24) is 4.90 Å². The maximum Gasteiger partial charge on any atom is 0.321 e. The van der Waals surface area contributed by atoms with Crippen LogP contribution in [0.2, 0.25) is 0 Å². The average molecular weight is 331 g/mol. The zero-order chi connectivity index (χ0) is 17.1. The van der Waals surface area contributed by atoms with E-state index in [2.05, 4.69) is 29.3 Å². The van der Waals surface area contributed by atoms with Crippen LogP contribution in [0.5, 0.6) is 0 Å². The number of hydrogen-bond acceptors (Lipinski definition) is 2. The van der Waals surface area contributed by atoms with Gasteiger partial charge in [0.1, 0.15) is 0 Å². The lowest BCUT2D eigenvalue weighted by Gasteiger charge is -2.36. The Hall–Kier alpha value is -2.63. The zero-order valence-electron chi connectivity index (χ0n) is 13.4. The van der Waals surface area contributed by atoms with E-state index in [1.54, 1.807) is 4.90 Å². The number of urea groups is 1. The van der Waals surface area contributed by atoms with Crippen molar-refractivity contribution in [2.75, 3.05) is 36.4 Å². The first-order valence-electron chi connectivity index (χ1n) is 7.86. The van der Waals surface area contributed by atoms with E-state index in [1.165, 1.54) is 17.3 Å². The Morgan fingerprint density at radius 1 is 1.00 bits per heavy atom. The van der Waals surface area contributed by atoms with E-state index in [0.717, 1.165) is 25.2 Å². The minimum Gasteiger partial charge on any atom is -0.368 e. The Morgan fingerprint density at radius 3 is 2.38 bits per heavy atom. The van der Waals surface area contributed by atoms with Crippen molar-refractivity contribution >= 4 is 17.4 Å². The summed E-state index contributed by atoms with van der Waals surface area (Å²) in [4.78, 5) is 16.2. The molecule has 0 radical (unpaired) electrons. The molecule has 0 aliphatic carbocycles. The predicted octanol–water partition coefficient (Wildman–Crippen LogP) is 3.63. The van der Waals surface area contributed by atoms with Crippen LogP contribution < -0.4 is 10.2 Å². The first-order chi connectivity index (χ1) is 11.5. The molecule has 3 rings (SSSR count). The van der Waals surface area contributed by atoms with Gasteiger partial charge >= 0.3 is 6.03 Å². The molecule has 0 saturated carbocycles. The Labute approximate surface area is 139 Å². The molecule has 2 aromatic carbocycles. The molecule has 1 N–H and O–H groups in total. The van der Waals surface area contributed by atoms with Crippen molar-refractivity contribution < 1.29 is 13.6 Å². The topological polar surface area (TPSA) is 35.6 Å². The first-order valence-corrected chi connectivity index (χ1v) is 7.86. The van der Waals surface area contributed by atoms with Gasteiger partial charge in [0.2, 0.25) is 0 Å². The molecule has 6 heteroatoms. The summed E-state index contributed by atoms with van der Waals surface area (Å²) >= 11 is 0. The molecular formula is C18H19F2N3O. The molecule has 0 bridgehead atoms. The zero-order valence-corrected chi connectivity index (χ0v) is 13.4. The normalized spacial score (nSPS) is 14.6. The molecule has 0 atom stereocenters. The molecular weight excluding hydrogens is 312 g/mol. The third-order valence-corrected chi connectivity index (χ3v) is 4.19. The summed E-state index contributed by atoms with van der Waals surface area (Å²) in [5.74, 6) is -1.91. The monoisotopic (exact) mass is 331 g/mol. The number of hydrogen-bond donors (Lipinski definition) is 1. The number of nitrogens with one attached hydrogen (secondary N) is 1. The third-order valence-electron chi connectivity index (χ3n) is 4.19. The molecule has 1 aliphatic rings. The number of halogens is 2. The van der Waals surface area contributed by atoms with E-state index >= 15 is 0 Å². The highest BCUT2D eigenvalue weighted by Crippen LogP contribution is 2.21. The molecule has 1 saturated heterocycles. The molecule has 4 nitrogen and oxygen atoms in total. The van der Waals surface area contributed by atoms with Crippen molar-refractivity contribution in [2.45, 2.75) is 6.92 Å². The number of nitrogens with zero attached hydrogens (tertiary/aromatic N) is 2. The van der Waals surface area contributed by atoms with Crippen LogP contribution in [0.1, 0.15) is 5.56 Å². The number of para-hydroxylation sites is 1. The summed E-state index contributed by atoms with van der Waals surface area (Å²) in [6.45, 7) is 4.68. The Morgan fingerprint density at radius 2 is 1.71 bits per heavy atom. The Balaban J connectivity index is 1.59. The van der Waals surface area contributed by atoms with Gasteiger partial charge in [-0.25, -0.2) is 13.6 Å². The standard InChI is InChI=1S/C18H19F2N3O/c1-13-4-2-3-5-17(13)22-8-10-23(11-9-22)18(24)21-14-6-7-15(19)16(20)12-14/h2-7,12H,8-11H2,1H3,(H,21,24). The fourth-order valence-corrected chi connectivity index (χ4v) is 2.85. The van der Waals surface area contributed by atoms with Gasteiger partial charge in [0.15, 0.2) is 11.6 Å². The summed E-state index contributed by atoms with van der Waals surface area (Å²) < 4.78 is 26.1. The summed E-state index contributed by atoms with van der Waals surface area (Å²) in [5.41, 5.74) is 2.63. The molecule has 0 unspecified atom stereocenters. The lowest BCUT2D eigenvalue weighted by molar-refractivity contribution is 0.208. The second-order valence-corrected chi connectivity index (χ2v) is 5.82. The second kappa shape index (κ2) is 6.86. The van der Waals surface area contributed by atoms with Crippen LogP contribution in [-0.2, 0) is 0 Å². The number of aryl methyl sites for hydroxylation is 1. The van der Waals surface area contributed by atoms with Crippen LogP contribution in [-0.4, -0.2) is 37.1 Å². The average Bonchev–Trinajstić information content (AvgIpc) is 2.59. The maximum absolute atomic E-state index is 13.2. The van der Waals surface area contributed by atoms with E-state index in [1.807, 2.05) is 12.1 Å². The molecule has 1 fully saturated rings. The molecule has 24 heavy (non-hydrogen) atoms. The lowest BCUT2D eigenvalue weighted by Crippen LogP contribution is -2.50. The van der Waals surface area contributed by atoms with Crippen LogP contribution in [0.4, 0.5) is 25.0 Å². The van der Waals surface area contributed by atoms with E-state index in [0.29, 0.717) is 13.1 Å². The van der Waals surface area contributed by atoms with Gasteiger partial charge in [0, 0.05) is 43.6 Å². The smallest absolute Gasteiger partial charge is 0.321 e. The van der Waals surface area contributed by atoms with Gasteiger partial charge in [-0.05, 0) is 30.7 Å². The minimum absolute atomic E-state index is 0.250. The quantitative estimate of drug-likeness (QED) is 0.912. The number of carbonyl (C=O) groups is 1. The fraction of sp³-hybridized carbons (Fsp3) is 0.278. The van der Waals surface area contributed by atoms with E-state index in [4.69, 9.17) is 0 Å². The predicted molar refractivity (Wildman–Crippen MR) is 90.3 cm³/mol. The number of benzene rings is 2. The van der Waals surface area contributed by atoms with Crippen molar-refractivity contribution in [3.05, 3.63) is 59.7 Å². The Bertz CT molecular complexity index is 743. The van der Waals surface area contributed by atoms with E-state index < -0.39 is 11.6 Å². The summed E-state index contributed by atoms with van der Waals surface area (Å²) in [7, 11) is 0. The van der Waals surface area contributed by atoms with Crippen molar-refractivity contribution in [3.63, 3.8) is 0 Å². The number of rotatable bonds is 2. The van der Waals surface area contributed by atoms with Gasteiger partial charge in [0.05, 0.1) is 0 Å². The van der Waals surface area contributed by atoms with E-state index in [-0.39, 0.29) is 11.7 Å². The molecule has 2 amide bonds. The third kappa shape index (κ3) is 3.48. The van der Waals surface area contributed by atoms with Gasteiger partial charge in [-0.15, -0.1) is 0 Å². The van der Waals surface area contributed by atoms with Crippen LogP contribution >= 0.6 is 0 Å². The highest BCUT2D eigenvalue weighted by atomic mass is 19.2. The van der Waals surface area contributed by atoms with Crippen LogP contribution in [0.15, 0.2) is 42.5 Å². The summed E-state index contributed by atoms with van der Waals surface area (Å²) in [6, 6.07) is 11.2. The minimum atomic E-state index is -0.975. The maximum atomic E-state index is 13.2. The number of anilines is 2. The van der Waals surface area contributed by atoms with Crippen molar-refractivity contribution in [1.29, 1.82) is 0 Å². The highest BCUT2D eigenvalue weighted by molar-refractivity contribution is 5.89. The van der Waals surface area contributed by atoms with Crippen molar-refractivity contribution in [2.24, 2.45) is 0 Å². The SMILES string of the molecule is Cc1ccccc1N1CCN(C(=O)Nc2ccc(F)c(F)c2)CC1. The number of carbonyl (C=O) groups excluding carboxylic acids is 1. The molecule has 1 heterocycles. The van der Waals surface area contributed by atoms with Gasteiger partial charge < -0.3 is 15.1 Å². The van der Waals surface area contributed by atoms with Crippen LogP contribution in [0.3, 0.4) is 0 Å². The fourth-order valence-electron chi connectivity index (χ4n) is 2.85. The highest BCUT2D eigenvalue weighted by Gasteiger charge is 2.22. The molecule has 126 valence electrons. The van der Waals surface area contributed by atoms with E-state index in [9.17, 15) is 13.6 Å². The first kappa shape index (κ1) is 16.2. The number of amides is 2. The number of piperazine rings is 1. The molecule has 2 aromatic rings. The van der Waals surface area contributed by atoms with Gasteiger partial charge in [-0.2, -0.15) is 0 Å². The van der Waals surface area contributed by atoms with Crippen LogP contribution in [0, 0.1) is 18.6 Å². The van der Waals surface area contributed by atoms with Gasteiger partial charge in [-0.1, -0.05) is 18.2 Å². The van der Waals surface area contributed by atoms with Crippen molar-refractivity contribution in [3.8, 4) is 0 Å². The van der Waals surface area contributed by atoms with Gasteiger partial charge in [-0.3, -0.25) is 0 Å². The second-order valence-electron chi connectivity index (χ2n) is 5.82. The molecule has 1 aliphatic heterocycles.